The van der Waals surface area contributed by atoms with Crippen LogP contribution in [0, 0.1) is 5.41 Å². The maximum Gasteiger partial charge on any atom is 0.0971 e. The van der Waals surface area contributed by atoms with Crippen LogP contribution >= 0.6 is 0 Å². The van der Waals surface area contributed by atoms with E-state index in [9.17, 15) is 0 Å². The molecule has 0 spiro atoms. The normalized spacial score (nSPS) is 18.9. The molecule has 1 rings (SSSR count). The molecule has 0 N–H and O–H groups in total. The zero-order chi connectivity index (χ0) is 21.0. The van der Waals surface area contributed by atoms with Gasteiger partial charge < -0.3 is 9.47 Å². The highest BCUT2D eigenvalue weighted by molar-refractivity contribution is 5.25. The van der Waals surface area contributed by atoms with Crippen molar-refractivity contribution in [3.63, 3.8) is 0 Å². The highest BCUT2D eigenvalue weighted by Gasteiger charge is 2.28. The van der Waals surface area contributed by atoms with Crippen LogP contribution in [-0.4, -0.2) is 13.2 Å². The average molecular weight is 405 g/mol. The molecule has 1 atom stereocenters. The summed E-state index contributed by atoms with van der Waals surface area (Å²) in [4.78, 5) is 0. The number of ether oxygens (including phenoxy) is 2. The van der Waals surface area contributed by atoms with Crippen LogP contribution in [-0.2, 0) is 9.47 Å². The topological polar surface area (TPSA) is 18.5 Å². The predicted octanol–water partition coefficient (Wildman–Crippen LogP) is 8.88. The van der Waals surface area contributed by atoms with Crippen LogP contribution in [0.1, 0.15) is 117 Å². The maximum absolute atomic E-state index is 5.87. The van der Waals surface area contributed by atoms with Crippen LogP contribution in [0.25, 0.3) is 0 Å². The van der Waals surface area contributed by atoms with Crippen molar-refractivity contribution in [3.8, 4) is 0 Å². The van der Waals surface area contributed by atoms with Gasteiger partial charge in [0.05, 0.1) is 25.2 Å². The van der Waals surface area contributed by atoms with E-state index >= 15 is 0 Å². The highest BCUT2D eigenvalue weighted by atomic mass is 16.5. The number of unbranched alkanes of at least 4 members (excludes halogenated alkanes) is 11. The van der Waals surface area contributed by atoms with Crippen molar-refractivity contribution >= 4 is 0 Å². The Morgan fingerprint density at radius 2 is 1.45 bits per heavy atom. The molecule has 1 unspecified atom stereocenters. The maximum atomic E-state index is 5.87. The van der Waals surface area contributed by atoms with Gasteiger partial charge in [-0.3, -0.25) is 0 Å². The first-order valence-corrected chi connectivity index (χ1v) is 12.6. The third kappa shape index (κ3) is 12.9. The van der Waals surface area contributed by atoms with Crippen molar-refractivity contribution in [2.75, 3.05) is 13.2 Å². The molecule has 2 heteroatoms. The molecule has 0 saturated heterocycles. The molecule has 0 heterocycles. The molecule has 168 valence electrons. The lowest BCUT2D eigenvalue weighted by Gasteiger charge is -2.30. The molecule has 1 aliphatic rings. The Kier molecular flexibility index (Phi) is 15.7. The van der Waals surface area contributed by atoms with Gasteiger partial charge in [-0.25, -0.2) is 0 Å². The Balaban J connectivity index is 2.28. The van der Waals surface area contributed by atoms with Gasteiger partial charge >= 0.3 is 0 Å². The van der Waals surface area contributed by atoms with Gasteiger partial charge in [0.25, 0.3) is 0 Å². The van der Waals surface area contributed by atoms with E-state index in [0.717, 1.165) is 25.4 Å². The number of rotatable bonds is 19. The van der Waals surface area contributed by atoms with Gasteiger partial charge in [0.15, 0.2) is 0 Å². The summed E-state index contributed by atoms with van der Waals surface area (Å²) in [7, 11) is 0. The first kappa shape index (κ1) is 25.9. The molecule has 0 aromatic heterocycles. The van der Waals surface area contributed by atoms with Crippen molar-refractivity contribution in [3.05, 3.63) is 36.3 Å². The fourth-order valence-electron chi connectivity index (χ4n) is 4.07. The number of allylic oxidation sites excluding steroid dienone is 5. The smallest absolute Gasteiger partial charge is 0.0971 e. The van der Waals surface area contributed by atoms with Crippen LogP contribution in [0.4, 0.5) is 0 Å². The van der Waals surface area contributed by atoms with E-state index in [1.54, 1.807) is 0 Å². The minimum atomic E-state index is 0.0610. The molecular weight excluding hydrogens is 356 g/mol. The summed E-state index contributed by atoms with van der Waals surface area (Å²) in [6.45, 7) is 8.20. The number of hydrogen-bond donors (Lipinski definition) is 0. The van der Waals surface area contributed by atoms with Crippen molar-refractivity contribution in [1.29, 1.82) is 0 Å². The summed E-state index contributed by atoms with van der Waals surface area (Å²) < 4.78 is 11.7. The van der Waals surface area contributed by atoms with Crippen molar-refractivity contribution < 1.29 is 9.47 Å². The lowest BCUT2D eigenvalue weighted by Crippen LogP contribution is -2.19. The first-order valence-electron chi connectivity index (χ1n) is 12.6. The van der Waals surface area contributed by atoms with Gasteiger partial charge in [0.2, 0.25) is 0 Å². The summed E-state index contributed by atoms with van der Waals surface area (Å²) in [6, 6.07) is 0. The molecule has 2 nitrogen and oxygen atoms in total. The van der Waals surface area contributed by atoms with E-state index in [2.05, 4.69) is 45.1 Å². The zero-order valence-electron chi connectivity index (χ0n) is 19.7. The van der Waals surface area contributed by atoms with E-state index in [1.165, 1.54) is 89.9 Å². The second-order valence-corrected chi connectivity index (χ2v) is 8.65. The van der Waals surface area contributed by atoms with Gasteiger partial charge in [0.1, 0.15) is 0 Å². The monoisotopic (exact) mass is 404 g/mol. The molecule has 0 saturated carbocycles. The fraction of sp³-hybridized carbons (Fsp3) is 0.778. The summed E-state index contributed by atoms with van der Waals surface area (Å²) in [5.74, 6) is 1.11. The van der Waals surface area contributed by atoms with Crippen LogP contribution < -0.4 is 0 Å². The second kappa shape index (κ2) is 17.7. The molecular formula is C27H48O2. The third-order valence-electron chi connectivity index (χ3n) is 5.90. The Labute approximate surface area is 181 Å². The third-order valence-corrected chi connectivity index (χ3v) is 5.90. The van der Waals surface area contributed by atoms with Gasteiger partial charge in [-0.2, -0.15) is 0 Å². The summed E-state index contributed by atoms with van der Waals surface area (Å²) >= 11 is 0. The largest absolute Gasteiger partial charge is 0.501 e. The Morgan fingerprint density at radius 3 is 2.10 bits per heavy atom. The van der Waals surface area contributed by atoms with E-state index in [4.69, 9.17) is 9.47 Å². The van der Waals surface area contributed by atoms with E-state index in [-0.39, 0.29) is 5.41 Å². The lowest BCUT2D eigenvalue weighted by molar-refractivity contribution is 0.192. The van der Waals surface area contributed by atoms with Crippen LogP contribution in [0.2, 0.25) is 0 Å². The Morgan fingerprint density at radius 1 is 0.828 bits per heavy atom. The van der Waals surface area contributed by atoms with Crippen molar-refractivity contribution in [2.24, 2.45) is 5.41 Å². The van der Waals surface area contributed by atoms with Gasteiger partial charge in [-0.15, -0.1) is 0 Å². The predicted molar refractivity (Wildman–Crippen MR) is 127 cm³/mol. The number of hydrogen-bond acceptors (Lipinski definition) is 2. The van der Waals surface area contributed by atoms with Crippen LogP contribution in [0.3, 0.4) is 0 Å². The lowest BCUT2D eigenvalue weighted by atomic mass is 9.76. The van der Waals surface area contributed by atoms with Crippen LogP contribution in [0.5, 0.6) is 0 Å². The molecule has 0 aromatic rings. The van der Waals surface area contributed by atoms with Gasteiger partial charge in [-0.1, -0.05) is 103 Å². The molecule has 0 aromatic carbocycles. The average Bonchev–Trinajstić information content (AvgIpc) is 2.73. The van der Waals surface area contributed by atoms with Gasteiger partial charge in [-0.05, 0) is 31.9 Å². The molecule has 0 radical (unpaired) electrons. The molecule has 0 amide bonds. The molecule has 1 aliphatic carbocycles. The van der Waals surface area contributed by atoms with E-state index < -0.39 is 0 Å². The van der Waals surface area contributed by atoms with Crippen LogP contribution in [0.15, 0.2) is 36.3 Å². The highest BCUT2D eigenvalue weighted by Crippen LogP contribution is 2.38. The Hall–Kier alpha value is -1.18. The van der Waals surface area contributed by atoms with Crippen molar-refractivity contribution in [1.82, 2.24) is 0 Å². The van der Waals surface area contributed by atoms with Crippen molar-refractivity contribution in [2.45, 2.75) is 117 Å². The summed E-state index contributed by atoms with van der Waals surface area (Å²) in [5, 5.41) is 0. The molecule has 0 bridgehead atoms. The second-order valence-electron chi connectivity index (χ2n) is 8.65. The first-order chi connectivity index (χ1) is 14.3. The summed E-state index contributed by atoms with van der Waals surface area (Å²) in [6.07, 6.45) is 30.4. The minimum absolute atomic E-state index is 0.0610. The molecule has 0 fully saturated rings. The molecule has 29 heavy (non-hydrogen) atoms. The SMILES string of the molecule is CCCCCCCCCCCOC=CC1(CCCCCC)C=CC=C(OCC)C1. The molecule has 0 aliphatic heterocycles. The van der Waals surface area contributed by atoms with E-state index in [0.29, 0.717) is 0 Å². The van der Waals surface area contributed by atoms with E-state index in [1.807, 2.05) is 6.26 Å². The quantitative estimate of drug-likeness (QED) is 0.158. The standard InChI is InChI=1S/C27H48O2/c1-4-7-9-11-12-13-14-15-17-23-28-24-22-27(20-16-10-8-5-2)21-18-19-26(25-27)29-6-3/h18-19,21-22,24H,4-17,20,23,25H2,1-3H3. The minimum Gasteiger partial charge on any atom is -0.501 e. The van der Waals surface area contributed by atoms with Gasteiger partial charge in [0, 0.05) is 11.8 Å². The summed E-state index contributed by atoms with van der Waals surface area (Å²) in [5.41, 5.74) is 0.0610. The fourth-order valence-corrected chi connectivity index (χ4v) is 4.07. The zero-order valence-corrected chi connectivity index (χ0v) is 19.7. The Bertz CT molecular complexity index is 463.